The second-order valence-corrected chi connectivity index (χ2v) is 7.20. The summed E-state index contributed by atoms with van der Waals surface area (Å²) in [6.45, 7) is 2.57. The lowest BCUT2D eigenvalue weighted by Gasteiger charge is -2.02. The fourth-order valence-corrected chi connectivity index (χ4v) is 4.02. The maximum absolute atomic E-state index is 12.6. The Balaban J connectivity index is 2.14. The summed E-state index contributed by atoms with van der Waals surface area (Å²) in [7, 11) is 1.33. The summed E-state index contributed by atoms with van der Waals surface area (Å²) in [5, 5.41) is 0.704. The first-order chi connectivity index (χ1) is 12.4. The van der Waals surface area contributed by atoms with E-state index in [2.05, 4.69) is 4.99 Å². The number of carbonyl (C=O) groups is 2. The van der Waals surface area contributed by atoms with Gasteiger partial charge < -0.3 is 9.30 Å². The number of nitrogens with zero attached hydrogens (tertiary/aromatic N) is 2. The number of fused-ring (bicyclic) bond motifs is 1. The number of amides is 1. The molecule has 3 aromatic rings. The molecule has 0 atom stereocenters. The third-order valence-electron chi connectivity index (χ3n) is 3.78. The number of esters is 1. The molecule has 0 bridgehead atoms. The monoisotopic (exact) mass is 408 g/mol. The number of halogens is 2. The molecule has 1 heterocycles. The van der Waals surface area contributed by atoms with Gasteiger partial charge >= 0.3 is 5.97 Å². The van der Waals surface area contributed by atoms with E-state index in [1.54, 1.807) is 24.3 Å². The van der Waals surface area contributed by atoms with Crippen molar-refractivity contribution in [3.63, 3.8) is 0 Å². The number of rotatable bonds is 3. The first-order valence-electron chi connectivity index (χ1n) is 7.70. The highest BCUT2D eigenvalue weighted by molar-refractivity contribution is 7.16. The molecular formula is C18H14Cl2N2O3S. The average molecular weight is 409 g/mol. The van der Waals surface area contributed by atoms with Crippen molar-refractivity contribution >= 4 is 56.6 Å². The molecule has 5 nitrogen and oxygen atoms in total. The summed E-state index contributed by atoms with van der Waals surface area (Å²) in [5.41, 5.74) is 1.57. The quantitative estimate of drug-likeness (QED) is 0.596. The van der Waals surface area contributed by atoms with Crippen molar-refractivity contribution in [2.75, 3.05) is 7.11 Å². The average Bonchev–Trinajstić information content (AvgIpc) is 2.98. The molecule has 0 aliphatic carbocycles. The Morgan fingerprint density at radius 3 is 2.65 bits per heavy atom. The molecule has 0 saturated carbocycles. The molecule has 0 radical (unpaired) electrons. The smallest absolute Gasteiger partial charge is 0.337 e. The molecule has 1 amide bonds. The van der Waals surface area contributed by atoms with E-state index in [4.69, 9.17) is 27.9 Å². The van der Waals surface area contributed by atoms with E-state index < -0.39 is 11.9 Å². The summed E-state index contributed by atoms with van der Waals surface area (Å²) in [6.07, 6.45) is 0. The van der Waals surface area contributed by atoms with Crippen LogP contribution < -0.4 is 4.80 Å². The van der Waals surface area contributed by atoms with E-state index in [9.17, 15) is 9.59 Å². The van der Waals surface area contributed by atoms with E-state index in [1.165, 1.54) is 24.5 Å². The lowest BCUT2D eigenvalue weighted by Crippen LogP contribution is -2.16. The highest BCUT2D eigenvalue weighted by Gasteiger charge is 2.13. The largest absolute Gasteiger partial charge is 0.465 e. The van der Waals surface area contributed by atoms with Crippen LogP contribution in [0, 0.1) is 0 Å². The number of benzene rings is 2. The second kappa shape index (κ2) is 7.61. The van der Waals surface area contributed by atoms with E-state index in [1.807, 2.05) is 17.6 Å². The number of aryl methyl sites for hydroxylation is 1. The van der Waals surface area contributed by atoms with Gasteiger partial charge in [0.25, 0.3) is 5.91 Å². The predicted octanol–water partition coefficient (Wildman–Crippen LogP) is 4.56. The Hall–Kier alpha value is -2.15. The minimum Gasteiger partial charge on any atom is -0.465 e. The predicted molar refractivity (Wildman–Crippen MR) is 103 cm³/mol. The number of methoxy groups -OCH3 is 1. The van der Waals surface area contributed by atoms with Crippen LogP contribution in [0.4, 0.5) is 0 Å². The van der Waals surface area contributed by atoms with Gasteiger partial charge in [-0.3, -0.25) is 4.79 Å². The topological polar surface area (TPSA) is 60.7 Å². The molecule has 0 spiro atoms. The molecule has 0 aliphatic heterocycles. The van der Waals surface area contributed by atoms with Crippen LogP contribution in [0.2, 0.25) is 10.0 Å². The minimum absolute atomic E-state index is 0.245. The summed E-state index contributed by atoms with van der Waals surface area (Å²) in [4.78, 5) is 29.0. The normalized spacial score (nSPS) is 11.8. The minimum atomic E-state index is -0.473. The van der Waals surface area contributed by atoms with Gasteiger partial charge in [-0.2, -0.15) is 4.99 Å². The zero-order valence-electron chi connectivity index (χ0n) is 14.0. The number of hydrogen-bond acceptors (Lipinski definition) is 4. The molecular weight excluding hydrogens is 395 g/mol. The summed E-state index contributed by atoms with van der Waals surface area (Å²) >= 11 is 13.4. The molecule has 1 aromatic heterocycles. The first kappa shape index (κ1) is 18.6. The zero-order valence-corrected chi connectivity index (χ0v) is 16.3. The molecule has 3 rings (SSSR count). The van der Waals surface area contributed by atoms with Crippen molar-refractivity contribution in [2.45, 2.75) is 13.5 Å². The third-order valence-corrected chi connectivity index (χ3v) is 5.38. The number of aromatic nitrogens is 1. The van der Waals surface area contributed by atoms with Gasteiger partial charge in [0, 0.05) is 11.6 Å². The maximum Gasteiger partial charge on any atom is 0.337 e. The number of hydrogen-bond donors (Lipinski definition) is 0. The van der Waals surface area contributed by atoms with Gasteiger partial charge in [-0.1, -0.05) is 34.5 Å². The molecule has 0 saturated heterocycles. The van der Waals surface area contributed by atoms with E-state index >= 15 is 0 Å². The van der Waals surface area contributed by atoms with Crippen LogP contribution in [0.5, 0.6) is 0 Å². The van der Waals surface area contributed by atoms with Gasteiger partial charge in [-0.25, -0.2) is 4.79 Å². The van der Waals surface area contributed by atoms with Crippen molar-refractivity contribution in [1.29, 1.82) is 0 Å². The fourth-order valence-electron chi connectivity index (χ4n) is 2.52. The molecule has 8 heteroatoms. The van der Waals surface area contributed by atoms with Gasteiger partial charge in [-0.05, 0) is 43.3 Å². The third kappa shape index (κ3) is 3.53. The van der Waals surface area contributed by atoms with Crippen LogP contribution in [0.1, 0.15) is 27.6 Å². The Labute approximate surface area is 163 Å². The molecule has 2 aromatic carbocycles. The Kier molecular flexibility index (Phi) is 5.46. The van der Waals surface area contributed by atoms with Gasteiger partial charge in [0.05, 0.1) is 33.5 Å². The Bertz CT molecular complexity index is 1090. The summed E-state index contributed by atoms with van der Waals surface area (Å²) in [6, 6.07) is 9.90. The summed E-state index contributed by atoms with van der Waals surface area (Å²) in [5.74, 6) is -0.886. The number of thiazole rings is 1. The van der Waals surface area contributed by atoms with Crippen LogP contribution in [-0.2, 0) is 11.3 Å². The van der Waals surface area contributed by atoms with E-state index in [-0.39, 0.29) is 5.56 Å². The van der Waals surface area contributed by atoms with E-state index in [0.717, 1.165) is 10.2 Å². The van der Waals surface area contributed by atoms with Crippen molar-refractivity contribution in [2.24, 2.45) is 4.99 Å². The zero-order chi connectivity index (χ0) is 18.8. The van der Waals surface area contributed by atoms with Crippen LogP contribution in [-0.4, -0.2) is 23.6 Å². The number of carbonyl (C=O) groups excluding carboxylic acids is 2. The van der Waals surface area contributed by atoms with Crippen LogP contribution in [0.3, 0.4) is 0 Å². The van der Waals surface area contributed by atoms with Crippen molar-refractivity contribution in [1.82, 2.24) is 4.57 Å². The Morgan fingerprint density at radius 1 is 1.19 bits per heavy atom. The maximum atomic E-state index is 12.6. The molecule has 0 unspecified atom stereocenters. The van der Waals surface area contributed by atoms with Crippen LogP contribution >= 0.6 is 34.5 Å². The fraction of sp³-hybridized carbons (Fsp3) is 0.167. The van der Waals surface area contributed by atoms with Crippen LogP contribution in [0.25, 0.3) is 10.2 Å². The highest BCUT2D eigenvalue weighted by Crippen LogP contribution is 2.22. The highest BCUT2D eigenvalue weighted by atomic mass is 35.5. The van der Waals surface area contributed by atoms with Crippen molar-refractivity contribution in [3.8, 4) is 0 Å². The Morgan fingerprint density at radius 2 is 1.96 bits per heavy atom. The lowest BCUT2D eigenvalue weighted by molar-refractivity contribution is 0.0601. The van der Waals surface area contributed by atoms with Crippen molar-refractivity contribution in [3.05, 3.63) is 62.4 Å². The number of ether oxygens (including phenoxy) is 1. The first-order valence-corrected chi connectivity index (χ1v) is 9.27. The van der Waals surface area contributed by atoms with Gasteiger partial charge in [0.15, 0.2) is 4.80 Å². The SMILES string of the molecule is CCn1c(=NC(=O)c2cc(Cl)ccc2Cl)sc2cc(C(=O)OC)ccc21. The molecule has 0 aliphatic rings. The second-order valence-electron chi connectivity index (χ2n) is 5.34. The molecule has 26 heavy (non-hydrogen) atoms. The van der Waals surface area contributed by atoms with Gasteiger partial charge in [0.1, 0.15) is 0 Å². The van der Waals surface area contributed by atoms with Gasteiger partial charge in [-0.15, -0.1) is 0 Å². The molecule has 0 fully saturated rings. The molecule has 0 N–H and O–H groups in total. The van der Waals surface area contributed by atoms with E-state index in [0.29, 0.717) is 27.0 Å². The lowest BCUT2D eigenvalue weighted by atomic mass is 10.2. The van der Waals surface area contributed by atoms with Gasteiger partial charge in [0.2, 0.25) is 0 Å². The van der Waals surface area contributed by atoms with Crippen LogP contribution in [0.15, 0.2) is 41.4 Å². The van der Waals surface area contributed by atoms with Crippen molar-refractivity contribution < 1.29 is 14.3 Å². The summed E-state index contributed by atoms with van der Waals surface area (Å²) < 4.78 is 7.48. The molecule has 134 valence electrons. The standard InChI is InChI=1S/C18H14Cl2N2O3S/c1-3-22-14-7-4-10(17(24)25-2)8-15(14)26-18(22)21-16(23)12-9-11(19)5-6-13(12)20/h4-9H,3H2,1-2H3.